The van der Waals surface area contributed by atoms with E-state index in [1.54, 1.807) is 6.08 Å². The third kappa shape index (κ3) is 2.49. The second kappa shape index (κ2) is 5.72. The summed E-state index contributed by atoms with van der Waals surface area (Å²) in [6.07, 6.45) is 7.61. The number of hydrogen-bond acceptors (Lipinski definition) is 1. The van der Waals surface area contributed by atoms with Gasteiger partial charge in [-0.05, 0) is 39.2 Å². The van der Waals surface area contributed by atoms with Crippen molar-refractivity contribution in [1.82, 2.24) is 0 Å². The van der Waals surface area contributed by atoms with Crippen LogP contribution < -0.4 is 0 Å². The molecule has 0 aliphatic heterocycles. The standard InChI is InChI=1S/C19H16O/c20-12-5-1-2-7-15-10-6-11-18-13-16-8-3-4-9-17(16)14-19(15)18/h1-11,13-14,20H,12H2. The molecule has 0 aliphatic rings. The number of aliphatic hydroxyl groups excluding tert-OH is 1. The van der Waals surface area contributed by atoms with Gasteiger partial charge < -0.3 is 5.11 Å². The van der Waals surface area contributed by atoms with E-state index < -0.39 is 0 Å². The normalized spacial score (nSPS) is 12.1. The SMILES string of the molecule is OCC=CC=Cc1cccc2cc3ccccc3cc12. The topological polar surface area (TPSA) is 20.2 Å². The molecule has 0 saturated carbocycles. The lowest BCUT2D eigenvalue weighted by atomic mass is 9.99. The number of benzene rings is 3. The molecule has 0 amide bonds. The van der Waals surface area contributed by atoms with Crippen molar-refractivity contribution in [2.24, 2.45) is 0 Å². The molecule has 3 aromatic carbocycles. The molecular formula is C19H16O. The maximum Gasteiger partial charge on any atom is 0.0615 e. The van der Waals surface area contributed by atoms with Crippen molar-refractivity contribution in [3.8, 4) is 0 Å². The molecule has 1 nitrogen and oxygen atoms in total. The van der Waals surface area contributed by atoms with Crippen LogP contribution in [0.15, 0.2) is 72.8 Å². The van der Waals surface area contributed by atoms with Gasteiger partial charge in [0.2, 0.25) is 0 Å². The summed E-state index contributed by atoms with van der Waals surface area (Å²) in [5, 5.41) is 13.8. The summed E-state index contributed by atoms with van der Waals surface area (Å²) in [6, 6.07) is 19.2. The molecule has 0 bridgehead atoms. The van der Waals surface area contributed by atoms with Gasteiger partial charge in [-0.25, -0.2) is 0 Å². The molecule has 0 heterocycles. The summed E-state index contributed by atoms with van der Waals surface area (Å²) >= 11 is 0. The van der Waals surface area contributed by atoms with Crippen molar-refractivity contribution in [1.29, 1.82) is 0 Å². The first-order valence-corrected chi connectivity index (χ1v) is 6.74. The average Bonchev–Trinajstić information content (AvgIpc) is 2.50. The fraction of sp³-hybridized carbons (Fsp3) is 0.0526. The molecular weight excluding hydrogens is 244 g/mol. The van der Waals surface area contributed by atoms with E-state index in [1.165, 1.54) is 27.1 Å². The molecule has 0 radical (unpaired) electrons. The van der Waals surface area contributed by atoms with Crippen LogP contribution in [0.5, 0.6) is 0 Å². The van der Waals surface area contributed by atoms with E-state index in [2.05, 4.69) is 60.7 Å². The Balaban J connectivity index is 2.15. The second-order valence-corrected chi connectivity index (χ2v) is 4.74. The molecule has 3 rings (SSSR count). The van der Waals surface area contributed by atoms with Gasteiger partial charge in [-0.3, -0.25) is 0 Å². The first-order chi connectivity index (χ1) is 9.88. The fourth-order valence-corrected chi connectivity index (χ4v) is 2.44. The highest BCUT2D eigenvalue weighted by atomic mass is 16.2. The van der Waals surface area contributed by atoms with E-state index in [4.69, 9.17) is 5.11 Å². The summed E-state index contributed by atoms with van der Waals surface area (Å²) in [6.45, 7) is 0.0739. The molecule has 0 aromatic heterocycles. The first kappa shape index (κ1) is 12.6. The van der Waals surface area contributed by atoms with E-state index in [0.717, 1.165) is 0 Å². The van der Waals surface area contributed by atoms with Crippen LogP contribution in [0, 0.1) is 0 Å². The number of allylic oxidation sites excluding steroid dienone is 2. The lowest BCUT2D eigenvalue weighted by molar-refractivity contribution is 0.343. The van der Waals surface area contributed by atoms with Gasteiger partial charge in [0, 0.05) is 0 Å². The first-order valence-electron chi connectivity index (χ1n) is 6.74. The van der Waals surface area contributed by atoms with Gasteiger partial charge in [-0.2, -0.15) is 0 Å². The van der Waals surface area contributed by atoms with E-state index in [9.17, 15) is 0 Å². The molecule has 0 unspecified atom stereocenters. The monoisotopic (exact) mass is 260 g/mol. The Kier molecular flexibility index (Phi) is 3.62. The molecule has 98 valence electrons. The van der Waals surface area contributed by atoms with Gasteiger partial charge in [0.1, 0.15) is 0 Å². The molecule has 0 spiro atoms. The average molecular weight is 260 g/mol. The predicted molar refractivity (Wildman–Crippen MR) is 86.7 cm³/mol. The maximum atomic E-state index is 8.73. The van der Waals surface area contributed by atoms with Gasteiger partial charge in [-0.1, -0.05) is 66.8 Å². The Labute approximate surface area is 118 Å². The molecule has 0 fully saturated rings. The van der Waals surface area contributed by atoms with Crippen LogP contribution >= 0.6 is 0 Å². The zero-order valence-corrected chi connectivity index (χ0v) is 11.2. The maximum absolute atomic E-state index is 8.73. The van der Waals surface area contributed by atoms with Crippen molar-refractivity contribution >= 4 is 27.6 Å². The smallest absolute Gasteiger partial charge is 0.0615 e. The van der Waals surface area contributed by atoms with Crippen molar-refractivity contribution < 1.29 is 5.11 Å². The van der Waals surface area contributed by atoms with Gasteiger partial charge in [0.15, 0.2) is 0 Å². The largest absolute Gasteiger partial charge is 0.392 e. The van der Waals surface area contributed by atoms with Crippen LogP contribution in [0.4, 0.5) is 0 Å². The van der Waals surface area contributed by atoms with Crippen LogP contribution in [-0.4, -0.2) is 11.7 Å². The van der Waals surface area contributed by atoms with Crippen molar-refractivity contribution in [3.63, 3.8) is 0 Å². The third-order valence-corrected chi connectivity index (χ3v) is 3.41. The van der Waals surface area contributed by atoms with Crippen LogP contribution in [0.2, 0.25) is 0 Å². The fourth-order valence-electron chi connectivity index (χ4n) is 2.44. The minimum absolute atomic E-state index is 0.0739. The Hall–Kier alpha value is -2.38. The van der Waals surface area contributed by atoms with Crippen LogP contribution in [0.25, 0.3) is 27.6 Å². The van der Waals surface area contributed by atoms with Crippen LogP contribution in [0.3, 0.4) is 0 Å². The Morgan fingerprint density at radius 2 is 1.55 bits per heavy atom. The Bertz CT molecular complexity index is 797. The molecule has 0 atom stereocenters. The number of aliphatic hydroxyl groups is 1. The highest BCUT2D eigenvalue weighted by Crippen LogP contribution is 2.26. The van der Waals surface area contributed by atoms with E-state index in [0.29, 0.717) is 0 Å². The highest BCUT2D eigenvalue weighted by Gasteiger charge is 2.00. The van der Waals surface area contributed by atoms with Crippen molar-refractivity contribution in [2.75, 3.05) is 6.61 Å². The zero-order chi connectivity index (χ0) is 13.8. The van der Waals surface area contributed by atoms with Crippen LogP contribution in [-0.2, 0) is 0 Å². The van der Waals surface area contributed by atoms with E-state index >= 15 is 0 Å². The van der Waals surface area contributed by atoms with Crippen molar-refractivity contribution in [2.45, 2.75) is 0 Å². The number of rotatable bonds is 3. The quantitative estimate of drug-likeness (QED) is 0.541. The Morgan fingerprint density at radius 1 is 0.800 bits per heavy atom. The zero-order valence-electron chi connectivity index (χ0n) is 11.2. The van der Waals surface area contributed by atoms with Gasteiger partial charge in [0.25, 0.3) is 0 Å². The van der Waals surface area contributed by atoms with Gasteiger partial charge in [0.05, 0.1) is 6.61 Å². The number of fused-ring (bicyclic) bond motifs is 2. The molecule has 3 aromatic rings. The lowest BCUT2D eigenvalue weighted by Crippen LogP contribution is -1.80. The number of hydrogen-bond donors (Lipinski definition) is 1. The van der Waals surface area contributed by atoms with Crippen LogP contribution in [0.1, 0.15) is 5.56 Å². The van der Waals surface area contributed by atoms with Gasteiger partial charge in [-0.15, -0.1) is 0 Å². The van der Waals surface area contributed by atoms with Gasteiger partial charge >= 0.3 is 0 Å². The second-order valence-electron chi connectivity index (χ2n) is 4.74. The Morgan fingerprint density at radius 3 is 2.35 bits per heavy atom. The molecule has 0 saturated heterocycles. The molecule has 20 heavy (non-hydrogen) atoms. The summed E-state index contributed by atoms with van der Waals surface area (Å²) < 4.78 is 0. The van der Waals surface area contributed by atoms with E-state index in [-0.39, 0.29) is 6.61 Å². The molecule has 0 aliphatic carbocycles. The summed E-state index contributed by atoms with van der Waals surface area (Å²) in [7, 11) is 0. The third-order valence-electron chi connectivity index (χ3n) is 3.41. The minimum Gasteiger partial charge on any atom is -0.392 e. The van der Waals surface area contributed by atoms with Crippen molar-refractivity contribution in [3.05, 3.63) is 78.4 Å². The minimum atomic E-state index is 0.0739. The van der Waals surface area contributed by atoms with E-state index in [1.807, 2.05) is 12.2 Å². The molecule has 1 N–H and O–H groups in total. The predicted octanol–water partition coefficient (Wildman–Crippen LogP) is 4.55. The highest BCUT2D eigenvalue weighted by molar-refractivity contribution is 6.01. The summed E-state index contributed by atoms with van der Waals surface area (Å²) in [5.74, 6) is 0. The summed E-state index contributed by atoms with van der Waals surface area (Å²) in [4.78, 5) is 0. The molecule has 1 heteroatoms. The lowest BCUT2D eigenvalue weighted by Gasteiger charge is -2.05. The summed E-state index contributed by atoms with van der Waals surface area (Å²) in [5.41, 5.74) is 1.19.